The molecule has 0 bridgehead atoms. The summed E-state index contributed by atoms with van der Waals surface area (Å²) in [5, 5.41) is 0. The molecule has 0 rings (SSSR count). The Morgan fingerprint density at radius 2 is 2.20 bits per heavy atom. The van der Waals surface area contributed by atoms with Gasteiger partial charge in [-0.15, -0.1) is 4.28 Å². The third-order valence-electron chi connectivity index (χ3n) is 1.67. The molecule has 0 aromatic rings. The molecule has 0 saturated carbocycles. The zero-order chi connectivity index (χ0) is 11.8. The molecule has 8 heteroatoms. The molecule has 15 heavy (non-hydrogen) atoms. The fourth-order valence-corrected chi connectivity index (χ4v) is 1.23. The number of nitrogens with two attached hydrogens (primary N) is 1. The highest BCUT2D eigenvalue weighted by atomic mass is 32.2. The first kappa shape index (κ1) is 14.0. The van der Waals surface area contributed by atoms with E-state index in [1.54, 1.807) is 5.48 Å². The van der Waals surface area contributed by atoms with E-state index < -0.39 is 29.1 Å². The molecule has 0 saturated heterocycles. The van der Waals surface area contributed by atoms with Gasteiger partial charge in [0.25, 0.3) is 0 Å². The van der Waals surface area contributed by atoms with Crippen molar-refractivity contribution in [3.63, 3.8) is 0 Å². The highest BCUT2D eigenvalue weighted by Crippen LogP contribution is 2.10. The second-order valence-electron chi connectivity index (χ2n) is 2.92. The minimum Gasteiger partial charge on any atom is -0.370 e. The van der Waals surface area contributed by atoms with Crippen LogP contribution in [0.25, 0.3) is 0 Å². The Morgan fingerprint density at radius 3 is 2.60 bits per heavy atom. The number of primary amides is 1. The standard InChI is InChI=1S/C7H14N2O5S/c1-2-3-5(4-6(8)10)7(11)9-14-15(12)13/h5H,2-4H2,1H3,(H2,8,10)(H,9,11)(H,12,13). The summed E-state index contributed by atoms with van der Waals surface area (Å²) in [5.74, 6) is -1.86. The number of carbonyl (C=O) groups excluding carboxylic acids is 2. The number of nitrogens with one attached hydrogen (secondary N) is 1. The lowest BCUT2D eigenvalue weighted by molar-refractivity contribution is -0.134. The molecule has 0 spiro atoms. The molecule has 2 amide bonds. The fraction of sp³-hybridized carbons (Fsp3) is 0.714. The SMILES string of the molecule is CCCC(CC(N)=O)C(=O)NOS(=O)O. The van der Waals surface area contributed by atoms with Crippen molar-refractivity contribution in [2.45, 2.75) is 26.2 Å². The van der Waals surface area contributed by atoms with Crippen LogP contribution in [0.3, 0.4) is 0 Å². The van der Waals surface area contributed by atoms with Crippen molar-refractivity contribution in [2.75, 3.05) is 0 Å². The van der Waals surface area contributed by atoms with Crippen molar-refractivity contribution in [3.05, 3.63) is 0 Å². The Morgan fingerprint density at radius 1 is 1.60 bits per heavy atom. The van der Waals surface area contributed by atoms with Gasteiger partial charge in [0.1, 0.15) is 0 Å². The lowest BCUT2D eigenvalue weighted by Crippen LogP contribution is -2.33. The zero-order valence-corrected chi connectivity index (χ0v) is 9.08. The molecule has 0 fully saturated rings. The third-order valence-corrected chi connectivity index (χ3v) is 1.89. The average molecular weight is 238 g/mol. The van der Waals surface area contributed by atoms with Gasteiger partial charge in [-0.2, -0.15) is 4.21 Å². The predicted octanol–water partition coefficient (Wildman–Crippen LogP) is -0.537. The van der Waals surface area contributed by atoms with E-state index in [4.69, 9.17) is 10.3 Å². The summed E-state index contributed by atoms with van der Waals surface area (Å²) >= 11 is -2.57. The van der Waals surface area contributed by atoms with E-state index >= 15 is 0 Å². The highest BCUT2D eigenvalue weighted by molar-refractivity contribution is 7.74. The van der Waals surface area contributed by atoms with Crippen molar-refractivity contribution in [3.8, 4) is 0 Å². The van der Waals surface area contributed by atoms with Crippen LogP contribution in [0.15, 0.2) is 0 Å². The summed E-state index contributed by atoms with van der Waals surface area (Å²) in [6.45, 7) is 1.84. The molecule has 0 radical (unpaired) electrons. The minimum atomic E-state index is -2.57. The van der Waals surface area contributed by atoms with Crippen molar-refractivity contribution in [1.82, 2.24) is 5.48 Å². The van der Waals surface area contributed by atoms with Crippen molar-refractivity contribution in [2.24, 2.45) is 11.7 Å². The Bertz CT molecular complexity index is 258. The van der Waals surface area contributed by atoms with Crippen molar-refractivity contribution < 1.29 is 22.6 Å². The monoisotopic (exact) mass is 238 g/mol. The van der Waals surface area contributed by atoms with Gasteiger partial charge in [-0.3, -0.25) is 14.1 Å². The van der Waals surface area contributed by atoms with Crippen molar-refractivity contribution >= 4 is 23.2 Å². The summed E-state index contributed by atoms with van der Waals surface area (Å²) < 4.78 is 22.3. The summed E-state index contributed by atoms with van der Waals surface area (Å²) in [4.78, 5) is 21.9. The average Bonchev–Trinajstić information content (AvgIpc) is 2.12. The van der Waals surface area contributed by atoms with Gasteiger partial charge in [0, 0.05) is 12.3 Å². The van der Waals surface area contributed by atoms with Gasteiger partial charge in [-0.05, 0) is 6.42 Å². The zero-order valence-electron chi connectivity index (χ0n) is 8.26. The van der Waals surface area contributed by atoms with E-state index in [1.165, 1.54) is 0 Å². The lowest BCUT2D eigenvalue weighted by Gasteiger charge is -2.12. The topological polar surface area (TPSA) is 119 Å². The molecule has 88 valence electrons. The number of hydroxylamine groups is 1. The van der Waals surface area contributed by atoms with Gasteiger partial charge < -0.3 is 5.73 Å². The van der Waals surface area contributed by atoms with Gasteiger partial charge >= 0.3 is 11.4 Å². The van der Waals surface area contributed by atoms with Crippen LogP contribution >= 0.6 is 0 Å². The maximum absolute atomic E-state index is 11.3. The first-order valence-electron chi connectivity index (χ1n) is 4.33. The Hall–Kier alpha value is -0.990. The number of amides is 2. The molecular weight excluding hydrogens is 224 g/mol. The molecule has 2 atom stereocenters. The van der Waals surface area contributed by atoms with Crippen LogP contribution in [0, 0.1) is 5.92 Å². The van der Waals surface area contributed by atoms with Gasteiger partial charge in [-0.1, -0.05) is 13.3 Å². The van der Waals surface area contributed by atoms with Gasteiger partial charge in [0.2, 0.25) is 11.8 Å². The van der Waals surface area contributed by atoms with Crippen LogP contribution in [0.4, 0.5) is 0 Å². The van der Waals surface area contributed by atoms with Crippen LogP contribution in [-0.2, 0) is 25.2 Å². The number of hydrogen-bond acceptors (Lipinski definition) is 4. The molecule has 0 aromatic heterocycles. The number of carbonyl (C=O) groups is 2. The summed E-state index contributed by atoms with van der Waals surface area (Å²) in [7, 11) is 0. The van der Waals surface area contributed by atoms with Crippen LogP contribution in [0.1, 0.15) is 26.2 Å². The quantitative estimate of drug-likeness (QED) is 0.406. The summed E-state index contributed by atoms with van der Waals surface area (Å²) in [5.41, 5.74) is 6.72. The largest absolute Gasteiger partial charge is 0.370 e. The molecule has 2 unspecified atom stereocenters. The normalized spacial score (nSPS) is 14.3. The second kappa shape index (κ2) is 7.32. The highest BCUT2D eigenvalue weighted by Gasteiger charge is 2.20. The van der Waals surface area contributed by atoms with Crippen LogP contribution in [-0.4, -0.2) is 20.6 Å². The maximum atomic E-state index is 11.3. The fourth-order valence-electron chi connectivity index (χ4n) is 1.08. The lowest BCUT2D eigenvalue weighted by atomic mass is 9.99. The molecule has 4 N–H and O–H groups in total. The van der Waals surface area contributed by atoms with Gasteiger partial charge in [-0.25, -0.2) is 5.48 Å². The van der Waals surface area contributed by atoms with Gasteiger partial charge in [0.05, 0.1) is 0 Å². The van der Waals surface area contributed by atoms with Crippen LogP contribution < -0.4 is 11.2 Å². The van der Waals surface area contributed by atoms with E-state index in [2.05, 4.69) is 4.28 Å². The number of rotatable bonds is 7. The second-order valence-corrected chi connectivity index (χ2v) is 3.52. The molecule has 0 aliphatic heterocycles. The van der Waals surface area contributed by atoms with Crippen LogP contribution in [0.5, 0.6) is 0 Å². The van der Waals surface area contributed by atoms with E-state index in [1.807, 2.05) is 6.92 Å². The Labute approximate surface area is 89.8 Å². The van der Waals surface area contributed by atoms with E-state index in [0.717, 1.165) is 0 Å². The van der Waals surface area contributed by atoms with Crippen molar-refractivity contribution in [1.29, 1.82) is 0 Å². The Balaban J connectivity index is 4.15. The summed E-state index contributed by atoms with van der Waals surface area (Å²) in [6, 6.07) is 0. The van der Waals surface area contributed by atoms with Gasteiger partial charge in [0.15, 0.2) is 0 Å². The maximum Gasteiger partial charge on any atom is 0.324 e. The molecule has 0 aliphatic carbocycles. The first-order valence-corrected chi connectivity index (χ1v) is 5.36. The Kier molecular flexibility index (Phi) is 6.84. The third kappa shape index (κ3) is 7.00. The minimum absolute atomic E-state index is 0.110. The van der Waals surface area contributed by atoms with E-state index in [9.17, 15) is 13.8 Å². The smallest absolute Gasteiger partial charge is 0.324 e. The number of hydrogen-bond donors (Lipinski definition) is 3. The summed E-state index contributed by atoms with van der Waals surface area (Å²) in [6.07, 6.45) is 1.03. The molecule has 0 aromatic carbocycles. The van der Waals surface area contributed by atoms with Crippen LogP contribution in [0.2, 0.25) is 0 Å². The van der Waals surface area contributed by atoms with E-state index in [-0.39, 0.29) is 6.42 Å². The molecule has 0 heterocycles. The first-order chi connectivity index (χ1) is 6.97. The predicted molar refractivity (Wildman–Crippen MR) is 52.2 cm³/mol. The molecular formula is C7H14N2O5S. The molecule has 7 nitrogen and oxygen atoms in total. The molecule has 0 aliphatic rings. The van der Waals surface area contributed by atoms with E-state index in [0.29, 0.717) is 12.8 Å².